The second kappa shape index (κ2) is 12.8. The monoisotopic (exact) mass is 386 g/mol. The molecule has 0 radical (unpaired) electrons. The Morgan fingerprint density at radius 2 is 1.78 bits per heavy atom. The third-order valence-corrected chi connectivity index (χ3v) is 3.62. The van der Waals surface area contributed by atoms with Gasteiger partial charge in [0.2, 0.25) is 17.7 Å². The van der Waals surface area contributed by atoms with Crippen molar-refractivity contribution in [3.63, 3.8) is 0 Å². The lowest BCUT2D eigenvalue weighted by Gasteiger charge is -2.22. The van der Waals surface area contributed by atoms with Crippen LogP contribution in [0.1, 0.15) is 33.6 Å². The van der Waals surface area contributed by atoms with Crippen LogP contribution in [0.4, 0.5) is 0 Å². The van der Waals surface area contributed by atoms with Gasteiger partial charge in [-0.3, -0.25) is 14.4 Å². The Morgan fingerprint density at radius 1 is 1.15 bits per heavy atom. The van der Waals surface area contributed by atoms with Gasteiger partial charge in [-0.05, 0) is 19.3 Å². The van der Waals surface area contributed by atoms with E-state index in [1.165, 1.54) is 6.08 Å². The first-order valence-electron chi connectivity index (χ1n) is 8.72. The summed E-state index contributed by atoms with van der Waals surface area (Å²) in [5, 5.41) is 14.3. The smallest absolute Gasteiger partial charge is 0.330 e. The van der Waals surface area contributed by atoms with Crippen LogP contribution < -0.4 is 22.1 Å². The van der Waals surface area contributed by atoms with Gasteiger partial charge in [-0.25, -0.2) is 4.79 Å². The van der Waals surface area contributed by atoms with Gasteiger partial charge in [-0.1, -0.05) is 19.9 Å². The lowest BCUT2D eigenvalue weighted by molar-refractivity contribution is -0.137. The van der Waals surface area contributed by atoms with Gasteiger partial charge in [0.15, 0.2) is 0 Å². The summed E-state index contributed by atoms with van der Waals surface area (Å²) in [6.45, 7) is 4.69. The van der Waals surface area contributed by atoms with Crippen molar-refractivity contribution in [2.24, 2.45) is 17.4 Å². The molecular weight excluding hydrogens is 356 g/mol. The minimum Gasteiger partial charge on any atom is -0.463 e. The number of nitrogens with one attached hydrogen (secondary N) is 2. The quantitative estimate of drug-likeness (QED) is 0.196. The molecule has 154 valence electrons. The van der Waals surface area contributed by atoms with Crippen molar-refractivity contribution in [2.45, 2.75) is 51.7 Å². The van der Waals surface area contributed by atoms with Crippen LogP contribution in [0.25, 0.3) is 0 Å². The van der Waals surface area contributed by atoms with Crippen LogP contribution in [0.5, 0.6) is 0 Å². The van der Waals surface area contributed by atoms with E-state index in [0.29, 0.717) is 0 Å². The molecule has 10 heteroatoms. The molecule has 0 aromatic carbocycles. The van der Waals surface area contributed by atoms with Crippen LogP contribution >= 0.6 is 0 Å². The van der Waals surface area contributed by atoms with Gasteiger partial charge in [-0.15, -0.1) is 0 Å². The second-order valence-electron chi connectivity index (χ2n) is 6.24. The molecule has 0 aliphatic carbocycles. The topological polar surface area (TPSA) is 174 Å². The third kappa shape index (κ3) is 10.3. The summed E-state index contributed by atoms with van der Waals surface area (Å²) in [4.78, 5) is 46.7. The molecule has 3 atom stereocenters. The number of primary amides is 1. The van der Waals surface area contributed by atoms with Gasteiger partial charge in [0, 0.05) is 18.5 Å². The van der Waals surface area contributed by atoms with Crippen molar-refractivity contribution >= 4 is 23.7 Å². The summed E-state index contributed by atoms with van der Waals surface area (Å²) in [6.07, 6.45) is 2.58. The van der Waals surface area contributed by atoms with E-state index >= 15 is 0 Å². The summed E-state index contributed by atoms with van der Waals surface area (Å²) < 4.78 is 4.75. The minimum absolute atomic E-state index is 0.0352. The first kappa shape index (κ1) is 24.5. The molecule has 0 unspecified atom stereocenters. The van der Waals surface area contributed by atoms with E-state index in [2.05, 4.69) is 10.6 Å². The van der Waals surface area contributed by atoms with Crippen molar-refractivity contribution in [3.05, 3.63) is 12.2 Å². The van der Waals surface area contributed by atoms with E-state index in [9.17, 15) is 24.3 Å². The fraction of sp³-hybridized carbons (Fsp3) is 0.647. The Kier molecular flexibility index (Phi) is 11.7. The van der Waals surface area contributed by atoms with Crippen LogP contribution in [-0.4, -0.2) is 60.1 Å². The average molecular weight is 386 g/mol. The van der Waals surface area contributed by atoms with E-state index in [0.717, 1.165) is 6.08 Å². The molecule has 0 heterocycles. The van der Waals surface area contributed by atoms with Crippen LogP contribution in [-0.2, 0) is 23.9 Å². The molecule has 0 fully saturated rings. The summed E-state index contributed by atoms with van der Waals surface area (Å²) >= 11 is 0. The van der Waals surface area contributed by atoms with Crippen molar-refractivity contribution in [1.82, 2.24) is 10.6 Å². The van der Waals surface area contributed by atoms with Crippen LogP contribution in [0.2, 0.25) is 0 Å². The van der Waals surface area contributed by atoms with E-state index in [4.69, 9.17) is 16.2 Å². The Bertz CT molecular complexity index is 550. The molecule has 0 saturated carbocycles. The van der Waals surface area contributed by atoms with Crippen molar-refractivity contribution in [3.8, 4) is 0 Å². The highest BCUT2D eigenvalue weighted by molar-refractivity contribution is 5.90. The maximum absolute atomic E-state index is 12.3. The first-order chi connectivity index (χ1) is 12.6. The molecule has 0 rings (SSSR count). The number of esters is 1. The number of carbonyl (C=O) groups is 4. The zero-order chi connectivity index (χ0) is 21.0. The molecule has 0 aromatic heterocycles. The maximum Gasteiger partial charge on any atom is 0.330 e. The van der Waals surface area contributed by atoms with Gasteiger partial charge < -0.3 is 31.9 Å². The number of hydrogen-bond acceptors (Lipinski definition) is 7. The number of aliphatic hydroxyl groups excluding tert-OH is 1. The standard InChI is InChI=1S/C17H30N4O6/c1-4-27-14(24)8-6-11(5-7-13(18)23)20-16(25)12(9-22)21-17(26)15(19)10(2)3/h6,8,10-12,15,22H,4-5,7,9,19H2,1-3H3,(H2,18,23)(H,20,25)(H,21,26)/b8-6+/t11-,12-,15-/m0/s1. The molecule has 0 aliphatic rings. The predicted octanol–water partition coefficient (Wildman–Crippen LogP) is -1.68. The Morgan fingerprint density at radius 3 is 2.26 bits per heavy atom. The number of ether oxygens (including phenoxy) is 1. The Labute approximate surface area is 158 Å². The van der Waals surface area contributed by atoms with E-state index in [-0.39, 0.29) is 25.4 Å². The fourth-order valence-corrected chi connectivity index (χ4v) is 1.95. The molecule has 0 saturated heterocycles. The largest absolute Gasteiger partial charge is 0.463 e. The van der Waals surface area contributed by atoms with E-state index < -0.39 is 48.4 Å². The number of aliphatic hydroxyl groups is 1. The highest BCUT2D eigenvalue weighted by atomic mass is 16.5. The molecule has 27 heavy (non-hydrogen) atoms. The summed E-state index contributed by atoms with van der Waals surface area (Å²) in [5.41, 5.74) is 10.8. The fourth-order valence-electron chi connectivity index (χ4n) is 1.95. The number of rotatable bonds is 12. The van der Waals surface area contributed by atoms with Crippen molar-refractivity contribution in [2.75, 3.05) is 13.2 Å². The molecular formula is C17H30N4O6. The molecule has 3 amide bonds. The van der Waals surface area contributed by atoms with E-state index in [1.54, 1.807) is 20.8 Å². The molecule has 10 nitrogen and oxygen atoms in total. The van der Waals surface area contributed by atoms with Crippen LogP contribution in [0.3, 0.4) is 0 Å². The molecule has 0 aliphatic heterocycles. The first-order valence-corrected chi connectivity index (χ1v) is 8.72. The van der Waals surface area contributed by atoms with Gasteiger partial charge in [0.1, 0.15) is 6.04 Å². The number of carbonyl (C=O) groups excluding carboxylic acids is 4. The highest BCUT2D eigenvalue weighted by Gasteiger charge is 2.25. The van der Waals surface area contributed by atoms with Gasteiger partial charge in [0.05, 0.1) is 19.3 Å². The van der Waals surface area contributed by atoms with Gasteiger partial charge in [-0.2, -0.15) is 0 Å². The highest BCUT2D eigenvalue weighted by Crippen LogP contribution is 2.02. The molecule has 0 bridgehead atoms. The zero-order valence-corrected chi connectivity index (χ0v) is 15.9. The SMILES string of the molecule is CCOC(=O)/C=C/[C@H](CCC(N)=O)NC(=O)[C@H](CO)NC(=O)[C@@H](N)C(C)C. The second-order valence-corrected chi connectivity index (χ2v) is 6.24. The normalized spacial score (nSPS) is 14.4. The van der Waals surface area contributed by atoms with Crippen LogP contribution in [0, 0.1) is 5.92 Å². The Hall–Kier alpha value is -2.46. The summed E-state index contributed by atoms with van der Waals surface area (Å²) in [7, 11) is 0. The van der Waals surface area contributed by atoms with E-state index in [1.807, 2.05) is 0 Å². The zero-order valence-electron chi connectivity index (χ0n) is 15.9. The number of nitrogens with two attached hydrogens (primary N) is 2. The average Bonchev–Trinajstić information content (AvgIpc) is 2.60. The minimum atomic E-state index is -1.23. The molecule has 0 aromatic rings. The number of hydrogen-bond donors (Lipinski definition) is 5. The van der Waals surface area contributed by atoms with Gasteiger partial charge in [0.25, 0.3) is 0 Å². The third-order valence-electron chi connectivity index (χ3n) is 3.62. The van der Waals surface area contributed by atoms with Crippen LogP contribution in [0.15, 0.2) is 12.2 Å². The van der Waals surface area contributed by atoms with Gasteiger partial charge >= 0.3 is 5.97 Å². The molecule has 7 N–H and O–H groups in total. The van der Waals surface area contributed by atoms with Crippen molar-refractivity contribution in [1.29, 1.82) is 0 Å². The predicted molar refractivity (Wildman–Crippen MR) is 98.0 cm³/mol. The summed E-state index contributed by atoms with van der Waals surface area (Å²) in [5.74, 6) is -2.59. The lowest BCUT2D eigenvalue weighted by Crippen LogP contribution is -2.55. The number of amides is 3. The molecule has 0 spiro atoms. The van der Waals surface area contributed by atoms with Crippen molar-refractivity contribution < 1.29 is 29.0 Å². The maximum atomic E-state index is 12.3. The Balaban J connectivity index is 5.02. The lowest BCUT2D eigenvalue weighted by atomic mass is 10.0. The summed E-state index contributed by atoms with van der Waals surface area (Å²) in [6, 6.07) is -2.78.